The van der Waals surface area contributed by atoms with Crippen LogP contribution in [0.3, 0.4) is 0 Å². The minimum absolute atomic E-state index is 0.118. The lowest BCUT2D eigenvalue weighted by Crippen LogP contribution is -2.26. The number of nitriles is 1. The fourth-order valence-corrected chi connectivity index (χ4v) is 1.51. The Morgan fingerprint density at radius 2 is 2.26 bits per heavy atom. The summed E-state index contributed by atoms with van der Waals surface area (Å²) >= 11 is 0. The first-order chi connectivity index (χ1) is 9.21. The number of carbonyl (C=O) groups is 1. The Morgan fingerprint density at radius 1 is 1.53 bits per heavy atom. The van der Waals surface area contributed by atoms with Crippen molar-refractivity contribution in [1.29, 1.82) is 5.26 Å². The van der Waals surface area contributed by atoms with Crippen LogP contribution in [0.5, 0.6) is 0 Å². The Bertz CT molecular complexity index is 472. The van der Waals surface area contributed by atoms with Gasteiger partial charge in [0.25, 0.3) is 5.91 Å². The second-order valence-electron chi connectivity index (χ2n) is 3.92. The zero-order chi connectivity index (χ0) is 14.1. The van der Waals surface area contributed by atoms with Crippen LogP contribution in [0, 0.1) is 11.3 Å². The Balaban J connectivity index is 2.63. The molecule has 0 bridgehead atoms. The number of amides is 1. The topological polar surface area (TPSA) is 69.0 Å². The van der Waals surface area contributed by atoms with Gasteiger partial charge in [-0.05, 0) is 25.5 Å². The average Bonchev–Trinajstić information content (AvgIpc) is 2.47. The predicted octanol–water partition coefficient (Wildman–Crippen LogP) is 1.45. The van der Waals surface area contributed by atoms with E-state index in [-0.39, 0.29) is 11.5 Å². The second-order valence-corrected chi connectivity index (χ2v) is 3.92. The standard InChI is InChI=1S/C14H18N4O/c1-3-18(4-2)11-13(8-15)14(19)17-10-12-6-5-7-16-9-12/h5-7,9,11H,3-4,10H2,1-2H3,(H,17,19)/b13-11-. The third-order valence-corrected chi connectivity index (χ3v) is 2.66. The highest BCUT2D eigenvalue weighted by Gasteiger charge is 2.09. The smallest absolute Gasteiger partial charge is 0.263 e. The van der Waals surface area contributed by atoms with Crippen molar-refractivity contribution in [3.05, 3.63) is 41.9 Å². The molecule has 5 heteroatoms. The van der Waals surface area contributed by atoms with Gasteiger partial charge in [-0.1, -0.05) is 6.07 Å². The van der Waals surface area contributed by atoms with Crippen molar-refractivity contribution < 1.29 is 4.79 Å². The minimum Gasteiger partial charge on any atom is -0.377 e. The number of carbonyl (C=O) groups excluding carboxylic acids is 1. The van der Waals surface area contributed by atoms with Crippen molar-refractivity contribution in [2.45, 2.75) is 20.4 Å². The van der Waals surface area contributed by atoms with Crippen molar-refractivity contribution in [3.63, 3.8) is 0 Å². The van der Waals surface area contributed by atoms with Gasteiger partial charge in [-0.15, -0.1) is 0 Å². The van der Waals surface area contributed by atoms with E-state index in [1.807, 2.05) is 30.9 Å². The third-order valence-electron chi connectivity index (χ3n) is 2.66. The summed E-state index contributed by atoms with van der Waals surface area (Å²) in [6.07, 6.45) is 4.95. The summed E-state index contributed by atoms with van der Waals surface area (Å²) in [4.78, 5) is 17.7. The molecule has 0 atom stereocenters. The van der Waals surface area contributed by atoms with Crippen LogP contribution in [-0.2, 0) is 11.3 Å². The van der Waals surface area contributed by atoms with Gasteiger partial charge in [-0.2, -0.15) is 5.26 Å². The minimum atomic E-state index is -0.363. The summed E-state index contributed by atoms with van der Waals surface area (Å²) in [5.74, 6) is -0.363. The van der Waals surface area contributed by atoms with Crippen LogP contribution in [-0.4, -0.2) is 28.9 Å². The van der Waals surface area contributed by atoms with Gasteiger partial charge in [0.05, 0.1) is 0 Å². The van der Waals surface area contributed by atoms with E-state index in [2.05, 4.69) is 10.3 Å². The highest BCUT2D eigenvalue weighted by molar-refractivity contribution is 5.97. The van der Waals surface area contributed by atoms with Crippen LogP contribution >= 0.6 is 0 Å². The maximum atomic E-state index is 11.9. The van der Waals surface area contributed by atoms with Crippen LogP contribution < -0.4 is 5.32 Å². The van der Waals surface area contributed by atoms with Crippen LogP contribution in [0.15, 0.2) is 36.3 Å². The molecule has 1 heterocycles. The fourth-order valence-electron chi connectivity index (χ4n) is 1.51. The molecule has 1 rings (SSSR count). The summed E-state index contributed by atoms with van der Waals surface area (Å²) in [5.41, 5.74) is 1.02. The Kier molecular flexibility index (Phi) is 6.10. The van der Waals surface area contributed by atoms with Crippen molar-refractivity contribution in [2.75, 3.05) is 13.1 Å². The number of nitrogens with one attached hydrogen (secondary N) is 1. The zero-order valence-electron chi connectivity index (χ0n) is 11.3. The molecule has 19 heavy (non-hydrogen) atoms. The molecule has 1 N–H and O–H groups in total. The SMILES string of the molecule is CCN(/C=C(/C#N)C(=O)NCc1cccnc1)CC. The fraction of sp³-hybridized carbons (Fsp3) is 0.357. The van der Waals surface area contributed by atoms with E-state index in [0.29, 0.717) is 6.54 Å². The molecule has 0 fully saturated rings. The van der Waals surface area contributed by atoms with Gasteiger partial charge < -0.3 is 10.2 Å². The summed E-state index contributed by atoms with van der Waals surface area (Å²) in [6.45, 7) is 5.84. The molecule has 0 saturated heterocycles. The van der Waals surface area contributed by atoms with E-state index in [0.717, 1.165) is 18.7 Å². The highest BCUT2D eigenvalue weighted by Crippen LogP contribution is 2.00. The summed E-state index contributed by atoms with van der Waals surface area (Å²) in [6, 6.07) is 5.60. The molecule has 0 radical (unpaired) electrons. The maximum Gasteiger partial charge on any atom is 0.263 e. The van der Waals surface area contributed by atoms with Gasteiger partial charge in [0, 0.05) is 38.2 Å². The predicted molar refractivity (Wildman–Crippen MR) is 72.7 cm³/mol. The molecule has 0 spiro atoms. The van der Waals surface area contributed by atoms with Gasteiger partial charge in [0.2, 0.25) is 0 Å². The van der Waals surface area contributed by atoms with E-state index in [4.69, 9.17) is 5.26 Å². The molecule has 0 unspecified atom stereocenters. The lowest BCUT2D eigenvalue weighted by atomic mass is 10.2. The first-order valence-electron chi connectivity index (χ1n) is 6.24. The molecule has 1 amide bonds. The number of rotatable bonds is 6. The van der Waals surface area contributed by atoms with Gasteiger partial charge >= 0.3 is 0 Å². The van der Waals surface area contributed by atoms with E-state index < -0.39 is 0 Å². The van der Waals surface area contributed by atoms with Crippen molar-refractivity contribution in [1.82, 2.24) is 15.2 Å². The molecule has 1 aromatic rings. The lowest BCUT2D eigenvalue weighted by molar-refractivity contribution is -0.117. The second kappa shape index (κ2) is 7.88. The van der Waals surface area contributed by atoms with Crippen molar-refractivity contribution in [3.8, 4) is 6.07 Å². The first kappa shape index (κ1) is 14.7. The van der Waals surface area contributed by atoms with E-state index in [1.54, 1.807) is 24.7 Å². The largest absolute Gasteiger partial charge is 0.377 e. The molecule has 0 aliphatic carbocycles. The zero-order valence-corrected chi connectivity index (χ0v) is 11.3. The Hall–Kier alpha value is -2.35. The first-order valence-corrected chi connectivity index (χ1v) is 6.24. The molecule has 0 aromatic carbocycles. The molecule has 1 aromatic heterocycles. The maximum absolute atomic E-state index is 11.9. The number of hydrogen-bond donors (Lipinski definition) is 1. The monoisotopic (exact) mass is 258 g/mol. The van der Waals surface area contributed by atoms with E-state index in [9.17, 15) is 4.79 Å². The molecule has 0 aliphatic rings. The van der Waals surface area contributed by atoms with Gasteiger partial charge in [-0.3, -0.25) is 9.78 Å². The quantitative estimate of drug-likeness (QED) is 0.619. The van der Waals surface area contributed by atoms with Gasteiger partial charge in [0.15, 0.2) is 0 Å². The normalized spacial score (nSPS) is 10.7. The molecule has 100 valence electrons. The van der Waals surface area contributed by atoms with Crippen LogP contribution in [0.4, 0.5) is 0 Å². The third kappa shape index (κ3) is 4.80. The summed E-state index contributed by atoms with van der Waals surface area (Å²) < 4.78 is 0. The van der Waals surface area contributed by atoms with E-state index in [1.165, 1.54) is 0 Å². The number of hydrogen-bond acceptors (Lipinski definition) is 4. The van der Waals surface area contributed by atoms with Gasteiger partial charge in [0.1, 0.15) is 11.6 Å². The highest BCUT2D eigenvalue weighted by atomic mass is 16.1. The Labute approximate surface area is 113 Å². The molecule has 0 saturated carbocycles. The number of aromatic nitrogens is 1. The van der Waals surface area contributed by atoms with Crippen LogP contribution in [0.2, 0.25) is 0 Å². The Morgan fingerprint density at radius 3 is 2.79 bits per heavy atom. The number of pyridine rings is 1. The molecule has 5 nitrogen and oxygen atoms in total. The summed E-state index contributed by atoms with van der Waals surface area (Å²) in [5, 5.41) is 11.7. The summed E-state index contributed by atoms with van der Waals surface area (Å²) in [7, 11) is 0. The van der Waals surface area contributed by atoms with E-state index >= 15 is 0 Å². The van der Waals surface area contributed by atoms with Crippen molar-refractivity contribution >= 4 is 5.91 Å². The average molecular weight is 258 g/mol. The number of nitrogens with zero attached hydrogens (tertiary/aromatic N) is 3. The lowest BCUT2D eigenvalue weighted by Gasteiger charge is -2.15. The van der Waals surface area contributed by atoms with Crippen LogP contribution in [0.1, 0.15) is 19.4 Å². The molecule has 0 aliphatic heterocycles. The molecular formula is C14H18N4O. The van der Waals surface area contributed by atoms with Crippen molar-refractivity contribution in [2.24, 2.45) is 0 Å². The van der Waals surface area contributed by atoms with Crippen LogP contribution in [0.25, 0.3) is 0 Å². The van der Waals surface area contributed by atoms with Gasteiger partial charge in [-0.25, -0.2) is 0 Å². The molecular weight excluding hydrogens is 240 g/mol.